The van der Waals surface area contributed by atoms with Crippen molar-refractivity contribution in [3.8, 4) is 5.82 Å². The second-order valence-electron chi connectivity index (χ2n) is 4.84. The first kappa shape index (κ1) is 15.7. The van der Waals surface area contributed by atoms with Crippen molar-refractivity contribution in [3.05, 3.63) is 42.4 Å². The molecule has 2 aromatic rings. The highest BCUT2D eigenvalue weighted by Gasteiger charge is 2.20. The third kappa shape index (κ3) is 3.91. The minimum absolute atomic E-state index is 0.163. The van der Waals surface area contributed by atoms with Crippen LogP contribution in [0, 0.1) is 0 Å². The first-order chi connectivity index (χ1) is 10.6. The van der Waals surface area contributed by atoms with E-state index in [1.165, 1.54) is 4.68 Å². The summed E-state index contributed by atoms with van der Waals surface area (Å²) >= 11 is 0. The highest BCUT2D eigenvalue weighted by Crippen LogP contribution is 2.06. The molecule has 0 aliphatic heterocycles. The number of hydrogen-bond acceptors (Lipinski definition) is 4. The molecule has 7 nitrogen and oxygen atoms in total. The number of unbranched alkanes of at least 4 members (excludes halogenated alkanes) is 1. The number of hydrogen-bond donors (Lipinski definition) is 2. The van der Waals surface area contributed by atoms with Crippen LogP contribution < -0.4 is 5.32 Å². The van der Waals surface area contributed by atoms with Gasteiger partial charge in [0.2, 0.25) is 0 Å². The van der Waals surface area contributed by atoms with Crippen LogP contribution in [0.3, 0.4) is 0 Å². The molecule has 22 heavy (non-hydrogen) atoms. The Morgan fingerprint density at radius 3 is 2.82 bits per heavy atom. The van der Waals surface area contributed by atoms with Gasteiger partial charge in [0, 0.05) is 12.4 Å². The molecule has 2 N–H and O–H groups in total. The van der Waals surface area contributed by atoms with Gasteiger partial charge >= 0.3 is 5.97 Å². The lowest BCUT2D eigenvalue weighted by Gasteiger charge is -2.14. The predicted octanol–water partition coefficient (Wildman–Crippen LogP) is 1.64. The third-order valence-corrected chi connectivity index (χ3v) is 3.16. The molecule has 0 fully saturated rings. The molecule has 0 aromatic carbocycles. The van der Waals surface area contributed by atoms with Crippen LogP contribution in [0.1, 0.15) is 36.7 Å². The van der Waals surface area contributed by atoms with Crippen molar-refractivity contribution in [1.29, 1.82) is 0 Å². The molecule has 7 heteroatoms. The Morgan fingerprint density at radius 2 is 2.18 bits per heavy atom. The molecule has 0 spiro atoms. The molecule has 0 bridgehead atoms. The highest BCUT2D eigenvalue weighted by molar-refractivity contribution is 5.95. The van der Waals surface area contributed by atoms with Gasteiger partial charge in [-0.15, -0.1) is 0 Å². The van der Waals surface area contributed by atoms with Crippen LogP contribution in [-0.2, 0) is 4.79 Å². The molecule has 1 amide bonds. The topological polar surface area (TPSA) is 97.1 Å². The summed E-state index contributed by atoms with van der Waals surface area (Å²) in [4.78, 5) is 27.6. The zero-order valence-corrected chi connectivity index (χ0v) is 12.3. The molecule has 0 aliphatic carbocycles. The molecule has 1 atom stereocenters. The number of carbonyl (C=O) groups is 2. The lowest BCUT2D eigenvalue weighted by Crippen LogP contribution is -2.41. The predicted molar refractivity (Wildman–Crippen MR) is 79.8 cm³/mol. The van der Waals surface area contributed by atoms with Crippen LogP contribution in [0.2, 0.25) is 0 Å². The fraction of sp³-hybridized carbons (Fsp3) is 0.333. The molecule has 2 aromatic heterocycles. The standard InChI is InChI=1S/C15H18N4O3/c1-2-3-6-12(15(21)22)18-14(20)11-7-4-8-13(17-11)19-10-5-9-16-19/h4-5,7-10,12H,2-3,6H2,1H3,(H,18,20)(H,21,22)/t12-/m0/s1. The van der Waals surface area contributed by atoms with Crippen LogP contribution >= 0.6 is 0 Å². The molecule has 2 heterocycles. The van der Waals surface area contributed by atoms with Crippen LogP contribution in [0.25, 0.3) is 5.82 Å². The van der Waals surface area contributed by atoms with Crippen LogP contribution in [0.5, 0.6) is 0 Å². The third-order valence-electron chi connectivity index (χ3n) is 3.16. The molecule has 0 unspecified atom stereocenters. The lowest BCUT2D eigenvalue weighted by molar-refractivity contribution is -0.139. The van der Waals surface area contributed by atoms with Crippen LogP contribution in [0.15, 0.2) is 36.7 Å². The number of nitrogens with zero attached hydrogens (tertiary/aromatic N) is 3. The average Bonchev–Trinajstić information content (AvgIpc) is 3.05. The summed E-state index contributed by atoms with van der Waals surface area (Å²) in [6.45, 7) is 1.97. The van der Waals surface area contributed by atoms with Crippen molar-refractivity contribution < 1.29 is 14.7 Å². The number of aliphatic carboxylic acids is 1. The summed E-state index contributed by atoms with van der Waals surface area (Å²) in [7, 11) is 0. The van der Waals surface area contributed by atoms with Gasteiger partial charge in [-0.2, -0.15) is 5.10 Å². The SMILES string of the molecule is CCCC[C@H](NC(=O)c1cccc(-n2cccn2)n1)C(=O)O. The molecule has 0 aliphatic rings. The van der Waals surface area contributed by atoms with Gasteiger partial charge in [0.05, 0.1) is 0 Å². The van der Waals surface area contributed by atoms with E-state index in [-0.39, 0.29) is 5.69 Å². The number of pyridine rings is 1. The van der Waals surface area contributed by atoms with Gasteiger partial charge in [-0.05, 0) is 24.6 Å². The molecular formula is C15H18N4O3. The van der Waals surface area contributed by atoms with E-state index in [1.807, 2.05) is 6.92 Å². The Kier molecular flexibility index (Phi) is 5.24. The number of carboxylic acid groups (broad SMARTS) is 1. The van der Waals surface area contributed by atoms with Crippen molar-refractivity contribution in [1.82, 2.24) is 20.1 Å². The van der Waals surface area contributed by atoms with Gasteiger partial charge in [-0.3, -0.25) is 4.79 Å². The van der Waals surface area contributed by atoms with Crippen molar-refractivity contribution in [2.75, 3.05) is 0 Å². The average molecular weight is 302 g/mol. The maximum Gasteiger partial charge on any atom is 0.326 e. The number of rotatable bonds is 7. The number of carboxylic acids is 1. The summed E-state index contributed by atoms with van der Waals surface area (Å²) < 4.78 is 1.53. The van der Waals surface area contributed by atoms with Crippen molar-refractivity contribution in [3.63, 3.8) is 0 Å². The van der Waals surface area contributed by atoms with E-state index in [0.29, 0.717) is 12.2 Å². The van der Waals surface area contributed by atoms with Gasteiger partial charge in [0.25, 0.3) is 5.91 Å². The van der Waals surface area contributed by atoms with Crippen molar-refractivity contribution in [2.24, 2.45) is 0 Å². The first-order valence-electron chi connectivity index (χ1n) is 7.12. The molecule has 2 rings (SSSR count). The van der Waals surface area contributed by atoms with Crippen molar-refractivity contribution in [2.45, 2.75) is 32.2 Å². The zero-order valence-electron chi connectivity index (χ0n) is 12.3. The summed E-state index contributed by atoms with van der Waals surface area (Å²) in [5.41, 5.74) is 0.163. The zero-order chi connectivity index (χ0) is 15.9. The molecule has 0 saturated carbocycles. The number of nitrogens with one attached hydrogen (secondary N) is 1. The Labute approximate surface area is 128 Å². The minimum atomic E-state index is -1.04. The van der Waals surface area contributed by atoms with Gasteiger partial charge in [-0.1, -0.05) is 25.8 Å². The van der Waals surface area contributed by atoms with Crippen molar-refractivity contribution >= 4 is 11.9 Å². The Morgan fingerprint density at radius 1 is 1.36 bits per heavy atom. The Hall–Kier alpha value is -2.70. The fourth-order valence-corrected chi connectivity index (χ4v) is 1.98. The van der Waals surface area contributed by atoms with Gasteiger partial charge < -0.3 is 10.4 Å². The monoisotopic (exact) mass is 302 g/mol. The Bertz CT molecular complexity index is 640. The van der Waals surface area contributed by atoms with E-state index >= 15 is 0 Å². The normalized spacial score (nSPS) is 11.9. The van der Waals surface area contributed by atoms with Crippen LogP contribution in [0.4, 0.5) is 0 Å². The Balaban J connectivity index is 2.12. The van der Waals surface area contributed by atoms with Gasteiger partial charge in [0.15, 0.2) is 5.82 Å². The van der Waals surface area contributed by atoms with E-state index in [9.17, 15) is 9.59 Å². The van der Waals surface area contributed by atoms with E-state index in [0.717, 1.165) is 12.8 Å². The number of aromatic nitrogens is 3. The summed E-state index contributed by atoms with van der Waals surface area (Å²) in [5, 5.41) is 15.7. The summed E-state index contributed by atoms with van der Waals surface area (Å²) in [5.74, 6) is -1.04. The van der Waals surface area contributed by atoms with E-state index in [2.05, 4.69) is 15.4 Å². The molecule has 116 valence electrons. The molecular weight excluding hydrogens is 284 g/mol. The molecule has 0 saturated heterocycles. The van der Waals surface area contributed by atoms with Gasteiger partial charge in [0.1, 0.15) is 11.7 Å². The maximum absolute atomic E-state index is 12.2. The molecule has 0 radical (unpaired) electrons. The summed E-state index contributed by atoms with van der Waals surface area (Å²) in [6, 6.07) is 5.79. The minimum Gasteiger partial charge on any atom is -0.480 e. The fourth-order valence-electron chi connectivity index (χ4n) is 1.98. The maximum atomic E-state index is 12.2. The smallest absolute Gasteiger partial charge is 0.326 e. The second kappa shape index (κ2) is 7.35. The van der Waals surface area contributed by atoms with E-state index < -0.39 is 17.9 Å². The largest absolute Gasteiger partial charge is 0.480 e. The first-order valence-corrected chi connectivity index (χ1v) is 7.12. The summed E-state index contributed by atoms with van der Waals surface area (Å²) in [6.07, 6.45) is 5.33. The second-order valence-corrected chi connectivity index (χ2v) is 4.84. The number of amides is 1. The quantitative estimate of drug-likeness (QED) is 0.810. The van der Waals surface area contributed by atoms with Gasteiger partial charge in [-0.25, -0.2) is 14.5 Å². The number of carbonyl (C=O) groups excluding carboxylic acids is 1. The lowest BCUT2D eigenvalue weighted by atomic mass is 10.1. The highest BCUT2D eigenvalue weighted by atomic mass is 16.4. The van der Waals surface area contributed by atoms with E-state index in [4.69, 9.17) is 5.11 Å². The van der Waals surface area contributed by atoms with E-state index in [1.54, 1.807) is 36.7 Å². The van der Waals surface area contributed by atoms with Crippen LogP contribution in [-0.4, -0.2) is 37.8 Å².